The molecule has 0 heterocycles. The third-order valence-corrected chi connectivity index (χ3v) is 2.73. The van der Waals surface area contributed by atoms with Gasteiger partial charge in [0.2, 0.25) is 0 Å². The van der Waals surface area contributed by atoms with Crippen molar-refractivity contribution < 1.29 is 4.79 Å². The van der Waals surface area contributed by atoms with Crippen molar-refractivity contribution in [3.05, 3.63) is 33.8 Å². The first-order valence-corrected chi connectivity index (χ1v) is 5.92. The van der Waals surface area contributed by atoms with Crippen molar-refractivity contribution in [2.75, 3.05) is 6.54 Å². The molecule has 0 aliphatic carbocycles. The predicted molar refractivity (Wildman–Crippen MR) is 76.7 cm³/mol. The smallest absolute Gasteiger partial charge is 0.252 e. The Bertz CT molecular complexity index is 402. The molecule has 17 heavy (non-hydrogen) atoms. The van der Waals surface area contributed by atoms with Gasteiger partial charge in [-0.25, -0.2) is 0 Å². The second kappa shape index (κ2) is 6.38. The molecule has 0 fully saturated rings. The van der Waals surface area contributed by atoms with Crippen LogP contribution in [0.3, 0.4) is 0 Å². The van der Waals surface area contributed by atoms with Crippen LogP contribution in [0.1, 0.15) is 29.8 Å². The summed E-state index contributed by atoms with van der Waals surface area (Å²) in [6, 6.07) is 5.63. The molecule has 0 saturated carbocycles. The van der Waals surface area contributed by atoms with Crippen molar-refractivity contribution in [2.24, 2.45) is 5.73 Å². The summed E-state index contributed by atoms with van der Waals surface area (Å²) < 4.78 is 0.805. The molecule has 1 rings (SSSR count). The van der Waals surface area contributed by atoms with Crippen LogP contribution in [-0.2, 0) is 0 Å². The summed E-state index contributed by atoms with van der Waals surface area (Å²) in [6.07, 6.45) is 0. The number of carbonyl (C=O) groups is 1. The zero-order valence-corrected chi connectivity index (χ0v) is 12.6. The Morgan fingerprint density at radius 1 is 1.47 bits per heavy atom. The Hall–Kier alpha value is -0.580. The Kier molecular flexibility index (Phi) is 6.16. The van der Waals surface area contributed by atoms with E-state index in [1.54, 1.807) is 6.07 Å². The van der Waals surface area contributed by atoms with Crippen molar-refractivity contribution in [1.82, 2.24) is 5.32 Å². The van der Waals surface area contributed by atoms with Gasteiger partial charge in [0.15, 0.2) is 0 Å². The summed E-state index contributed by atoms with van der Waals surface area (Å²) >= 11 is 3.38. The third-order valence-electron chi connectivity index (χ3n) is 2.07. The molecule has 5 heteroatoms. The van der Waals surface area contributed by atoms with Gasteiger partial charge in [-0.05, 0) is 54.4 Å². The normalized spacial score (nSPS) is 10.6. The molecule has 96 valence electrons. The van der Waals surface area contributed by atoms with Gasteiger partial charge in [0.25, 0.3) is 5.91 Å². The minimum atomic E-state index is -0.396. The minimum Gasteiger partial charge on any atom is -0.350 e. The number of amides is 1. The monoisotopic (exact) mass is 320 g/mol. The fourth-order valence-corrected chi connectivity index (χ4v) is 1.88. The van der Waals surface area contributed by atoms with E-state index in [0.717, 1.165) is 10.0 Å². The van der Waals surface area contributed by atoms with E-state index in [2.05, 4.69) is 21.2 Å². The van der Waals surface area contributed by atoms with E-state index < -0.39 is 5.54 Å². The van der Waals surface area contributed by atoms with Crippen LogP contribution >= 0.6 is 28.3 Å². The first-order valence-electron chi connectivity index (χ1n) is 5.13. The van der Waals surface area contributed by atoms with Gasteiger partial charge in [-0.2, -0.15) is 0 Å². The molecule has 1 aromatic carbocycles. The van der Waals surface area contributed by atoms with Crippen molar-refractivity contribution in [3.8, 4) is 0 Å². The van der Waals surface area contributed by atoms with Crippen molar-refractivity contribution in [1.29, 1.82) is 0 Å². The molecular formula is C12H18BrClN2O. The van der Waals surface area contributed by atoms with Crippen LogP contribution in [0.2, 0.25) is 0 Å². The summed E-state index contributed by atoms with van der Waals surface area (Å²) in [6.45, 7) is 6.18. The summed E-state index contributed by atoms with van der Waals surface area (Å²) in [5.41, 5.74) is 7.15. The number of carbonyl (C=O) groups excluding carboxylic acids is 1. The maximum atomic E-state index is 11.8. The number of rotatable bonds is 3. The molecule has 0 aliphatic heterocycles. The van der Waals surface area contributed by atoms with Gasteiger partial charge in [-0.1, -0.05) is 6.07 Å². The molecule has 1 amide bonds. The summed E-state index contributed by atoms with van der Waals surface area (Å²) in [7, 11) is 0. The Morgan fingerprint density at radius 3 is 2.53 bits per heavy atom. The average Bonchev–Trinajstić information content (AvgIpc) is 2.13. The summed E-state index contributed by atoms with van der Waals surface area (Å²) in [5, 5.41) is 2.81. The van der Waals surface area contributed by atoms with Crippen LogP contribution < -0.4 is 11.1 Å². The second-order valence-electron chi connectivity index (χ2n) is 4.65. The number of nitrogens with two attached hydrogens (primary N) is 1. The molecule has 3 N–H and O–H groups in total. The quantitative estimate of drug-likeness (QED) is 0.899. The first-order chi connectivity index (χ1) is 7.29. The van der Waals surface area contributed by atoms with E-state index in [-0.39, 0.29) is 18.3 Å². The lowest BCUT2D eigenvalue weighted by molar-refractivity contribution is 0.0945. The molecule has 0 atom stereocenters. The Morgan fingerprint density at radius 2 is 2.06 bits per heavy atom. The zero-order valence-electron chi connectivity index (χ0n) is 10.2. The number of hydrogen-bond donors (Lipinski definition) is 2. The van der Waals surface area contributed by atoms with Crippen LogP contribution in [0.15, 0.2) is 22.7 Å². The van der Waals surface area contributed by atoms with Crippen molar-refractivity contribution in [3.63, 3.8) is 0 Å². The van der Waals surface area contributed by atoms with Gasteiger partial charge in [0, 0.05) is 16.6 Å². The molecule has 0 aromatic heterocycles. The molecule has 1 aromatic rings. The SMILES string of the molecule is Cc1ccc(C(=O)NCC(C)(C)N)c(Br)c1.Cl. The first kappa shape index (κ1) is 16.4. The van der Waals surface area contributed by atoms with Gasteiger partial charge in [0.1, 0.15) is 0 Å². The van der Waals surface area contributed by atoms with E-state index in [0.29, 0.717) is 12.1 Å². The molecule has 0 aliphatic rings. The Labute approximate surface area is 117 Å². The lowest BCUT2D eigenvalue weighted by Crippen LogP contribution is -2.45. The minimum absolute atomic E-state index is 0. The fourth-order valence-electron chi connectivity index (χ4n) is 1.21. The molecular weight excluding hydrogens is 304 g/mol. The molecule has 0 saturated heterocycles. The number of nitrogens with one attached hydrogen (secondary N) is 1. The van der Waals surface area contributed by atoms with Crippen LogP contribution in [0.25, 0.3) is 0 Å². The van der Waals surface area contributed by atoms with Crippen molar-refractivity contribution >= 4 is 34.2 Å². The van der Waals surface area contributed by atoms with E-state index in [9.17, 15) is 4.79 Å². The largest absolute Gasteiger partial charge is 0.350 e. The lowest BCUT2D eigenvalue weighted by atomic mass is 10.1. The van der Waals surface area contributed by atoms with E-state index >= 15 is 0 Å². The Balaban J connectivity index is 0.00000256. The predicted octanol–water partition coefficient (Wildman–Crippen LogP) is 2.65. The number of halogens is 2. The topological polar surface area (TPSA) is 55.1 Å². The average molecular weight is 322 g/mol. The molecule has 3 nitrogen and oxygen atoms in total. The molecule has 0 radical (unpaired) electrons. The van der Waals surface area contributed by atoms with Gasteiger partial charge < -0.3 is 11.1 Å². The lowest BCUT2D eigenvalue weighted by Gasteiger charge is -2.19. The number of aryl methyl sites for hydroxylation is 1. The maximum absolute atomic E-state index is 11.8. The molecule has 0 unspecified atom stereocenters. The molecule has 0 spiro atoms. The number of hydrogen-bond acceptors (Lipinski definition) is 2. The van der Waals surface area contributed by atoms with E-state index in [1.807, 2.05) is 32.9 Å². The van der Waals surface area contributed by atoms with Gasteiger partial charge in [-0.3, -0.25) is 4.79 Å². The highest BCUT2D eigenvalue weighted by atomic mass is 79.9. The highest BCUT2D eigenvalue weighted by Crippen LogP contribution is 2.18. The fraction of sp³-hybridized carbons (Fsp3) is 0.417. The van der Waals surface area contributed by atoms with Gasteiger partial charge >= 0.3 is 0 Å². The van der Waals surface area contributed by atoms with Gasteiger partial charge in [-0.15, -0.1) is 12.4 Å². The van der Waals surface area contributed by atoms with Crippen LogP contribution in [0.4, 0.5) is 0 Å². The maximum Gasteiger partial charge on any atom is 0.252 e. The standard InChI is InChI=1S/C12H17BrN2O.ClH/c1-8-4-5-9(10(13)6-8)11(16)15-7-12(2,3)14;/h4-6H,7,14H2,1-3H3,(H,15,16);1H. The third kappa shape index (κ3) is 5.52. The van der Waals surface area contributed by atoms with Crippen LogP contribution in [-0.4, -0.2) is 18.0 Å². The zero-order chi connectivity index (χ0) is 12.3. The van der Waals surface area contributed by atoms with Gasteiger partial charge in [0.05, 0.1) is 5.56 Å². The highest BCUT2D eigenvalue weighted by molar-refractivity contribution is 9.10. The highest BCUT2D eigenvalue weighted by Gasteiger charge is 2.14. The van der Waals surface area contributed by atoms with Crippen LogP contribution in [0.5, 0.6) is 0 Å². The van der Waals surface area contributed by atoms with E-state index in [4.69, 9.17) is 5.73 Å². The summed E-state index contributed by atoms with van der Waals surface area (Å²) in [4.78, 5) is 11.8. The molecule has 0 bridgehead atoms. The van der Waals surface area contributed by atoms with Crippen LogP contribution in [0, 0.1) is 6.92 Å². The van der Waals surface area contributed by atoms with Crippen molar-refractivity contribution in [2.45, 2.75) is 26.3 Å². The summed E-state index contributed by atoms with van der Waals surface area (Å²) in [5.74, 6) is -0.106. The van der Waals surface area contributed by atoms with E-state index in [1.165, 1.54) is 0 Å². The number of benzene rings is 1. The second-order valence-corrected chi connectivity index (χ2v) is 5.51.